The molecule has 8 heteroatoms. The third-order valence-electron chi connectivity index (χ3n) is 5.86. The lowest BCUT2D eigenvalue weighted by Gasteiger charge is -2.23. The highest BCUT2D eigenvalue weighted by molar-refractivity contribution is 6.34. The minimum absolute atomic E-state index is 0.0759. The van der Waals surface area contributed by atoms with Crippen molar-refractivity contribution < 1.29 is 4.79 Å². The fourth-order valence-corrected chi connectivity index (χ4v) is 4.73. The first-order valence-electron chi connectivity index (χ1n) is 10.3. The predicted molar refractivity (Wildman–Crippen MR) is 127 cm³/mol. The van der Waals surface area contributed by atoms with Crippen molar-refractivity contribution in [1.29, 1.82) is 0 Å². The van der Waals surface area contributed by atoms with E-state index in [1.165, 1.54) is 11.6 Å². The van der Waals surface area contributed by atoms with Gasteiger partial charge in [0.15, 0.2) is 0 Å². The summed E-state index contributed by atoms with van der Waals surface area (Å²) in [6.45, 7) is 3.89. The van der Waals surface area contributed by atoms with Gasteiger partial charge < -0.3 is 9.47 Å². The second-order valence-corrected chi connectivity index (χ2v) is 8.74. The zero-order valence-corrected chi connectivity index (χ0v) is 18.9. The summed E-state index contributed by atoms with van der Waals surface area (Å²) in [6, 6.07) is 16.4. The van der Waals surface area contributed by atoms with Crippen LogP contribution >= 0.6 is 23.2 Å². The lowest BCUT2D eigenvalue weighted by molar-refractivity contribution is 0.100. The van der Waals surface area contributed by atoms with Crippen LogP contribution in [0.2, 0.25) is 10.0 Å². The normalized spacial score (nSPS) is 15.0. The molecule has 1 amide bonds. The maximum absolute atomic E-state index is 12.9. The van der Waals surface area contributed by atoms with Gasteiger partial charge >= 0.3 is 5.91 Å². The van der Waals surface area contributed by atoms with E-state index in [1.807, 2.05) is 12.1 Å². The average Bonchev–Trinajstić information content (AvgIpc) is 3.12. The molecular formula is C24H21Cl2N3O3. The monoisotopic (exact) mass is 469 g/mol. The highest BCUT2D eigenvalue weighted by Gasteiger charge is 2.26. The lowest BCUT2D eigenvalue weighted by atomic mass is 10.0. The topological polar surface area (TPSA) is 71.7 Å². The van der Waals surface area contributed by atoms with Crippen LogP contribution in [0.3, 0.4) is 0 Å². The van der Waals surface area contributed by atoms with Crippen LogP contribution in [0.1, 0.15) is 40.0 Å². The standard InChI is InChI=1S/C24H21Cl2N3O3/c1-15-13-28(21-5-3-2-4-18(15)21)14-22-19(25)12-20(26)24(31)29(22)11-10-16-6-8-17(9-7-16)23(30)27-32/h2-9,12,15H,10-11,13-14H2,1H3. The van der Waals surface area contributed by atoms with Crippen LogP contribution in [-0.4, -0.2) is 17.0 Å². The van der Waals surface area contributed by atoms with Crippen molar-refractivity contribution in [2.24, 2.45) is 5.18 Å². The molecule has 0 saturated carbocycles. The SMILES string of the molecule is CC1CN(Cc2c(Cl)cc(Cl)c(=O)n2CCc2ccc(C(=O)N=O)cc2)c2ccccc21. The molecule has 0 N–H and O–H groups in total. The Morgan fingerprint density at radius 3 is 2.53 bits per heavy atom. The lowest BCUT2D eigenvalue weighted by Crippen LogP contribution is -2.30. The molecule has 1 aromatic heterocycles. The Morgan fingerprint density at radius 2 is 1.81 bits per heavy atom. The van der Waals surface area contributed by atoms with Crippen molar-refractivity contribution in [3.05, 3.63) is 102 Å². The number of nitroso groups, excluding NO2 is 1. The van der Waals surface area contributed by atoms with Gasteiger partial charge in [0.1, 0.15) is 5.02 Å². The molecule has 4 rings (SSSR count). The molecule has 164 valence electrons. The van der Waals surface area contributed by atoms with Gasteiger partial charge in [-0.1, -0.05) is 60.5 Å². The number of amides is 1. The first kappa shape index (κ1) is 22.2. The van der Waals surface area contributed by atoms with E-state index >= 15 is 0 Å². The first-order chi connectivity index (χ1) is 15.4. The summed E-state index contributed by atoms with van der Waals surface area (Å²) < 4.78 is 1.63. The quantitative estimate of drug-likeness (QED) is 0.451. The van der Waals surface area contributed by atoms with Gasteiger partial charge in [0, 0.05) is 35.4 Å². The van der Waals surface area contributed by atoms with Crippen LogP contribution in [-0.2, 0) is 19.5 Å². The van der Waals surface area contributed by atoms with Gasteiger partial charge in [-0.2, -0.15) is 0 Å². The molecule has 2 heterocycles. The molecule has 6 nitrogen and oxygen atoms in total. The van der Waals surface area contributed by atoms with Gasteiger partial charge in [-0.3, -0.25) is 9.59 Å². The Balaban J connectivity index is 1.61. The van der Waals surface area contributed by atoms with E-state index in [-0.39, 0.29) is 16.1 Å². The number of pyridine rings is 1. The maximum atomic E-state index is 12.9. The van der Waals surface area contributed by atoms with Gasteiger partial charge in [0.2, 0.25) is 0 Å². The van der Waals surface area contributed by atoms with Crippen LogP contribution in [0, 0.1) is 4.91 Å². The Kier molecular flexibility index (Phi) is 6.44. The van der Waals surface area contributed by atoms with Gasteiger partial charge in [-0.15, -0.1) is 4.91 Å². The number of rotatable bonds is 6. The van der Waals surface area contributed by atoms with Gasteiger partial charge in [-0.25, -0.2) is 0 Å². The van der Waals surface area contributed by atoms with Crippen molar-refractivity contribution in [1.82, 2.24) is 4.57 Å². The Morgan fingerprint density at radius 1 is 1.09 bits per heavy atom. The second-order valence-electron chi connectivity index (χ2n) is 7.93. The summed E-state index contributed by atoms with van der Waals surface area (Å²) in [7, 11) is 0. The number of fused-ring (bicyclic) bond motifs is 1. The van der Waals surface area contributed by atoms with Crippen LogP contribution < -0.4 is 10.5 Å². The minimum Gasteiger partial charge on any atom is -0.365 e. The summed E-state index contributed by atoms with van der Waals surface area (Å²) in [5, 5.41) is 2.95. The number of carbonyl (C=O) groups is 1. The number of para-hydroxylation sites is 1. The van der Waals surface area contributed by atoms with E-state index in [9.17, 15) is 14.5 Å². The molecule has 1 atom stereocenters. The van der Waals surface area contributed by atoms with E-state index in [2.05, 4.69) is 29.1 Å². The number of aromatic nitrogens is 1. The number of nitrogens with zero attached hydrogens (tertiary/aromatic N) is 3. The molecule has 1 unspecified atom stereocenters. The van der Waals surface area contributed by atoms with Crippen LogP contribution in [0.5, 0.6) is 0 Å². The molecule has 1 aliphatic rings. The molecule has 0 aliphatic carbocycles. The third-order valence-corrected chi connectivity index (χ3v) is 6.45. The summed E-state index contributed by atoms with van der Waals surface area (Å²) in [5.74, 6) is -0.420. The highest BCUT2D eigenvalue weighted by atomic mass is 35.5. The average molecular weight is 470 g/mol. The molecule has 0 fully saturated rings. The Bertz CT molecular complexity index is 1240. The number of carbonyl (C=O) groups excluding carboxylic acids is 1. The van der Waals surface area contributed by atoms with Crippen molar-refractivity contribution in [2.45, 2.75) is 32.4 Å². The smallest absolute Gasteiger partial charge is 0.316 e. The molecule has 32 heavy (non-hydrogen) atoms. The zero-order chi connectivity index (χ0) is 22.8. The van der Waals surface area contributed by atoms with Crippen molar-refractivity contribution in [3.8, 4) is 0 Å². The van der Waals surface area contributed by atoms with Gasteiger partial charge in [0.25, 0.3) is 5.56 Å². The fraction of sp³-hybridized carbons (Fsp3) is 0.250. The molecule has 0 bridgehead atoms. The Hall–Kier alpha value is -2.96. The molecule has 3 aromatic rings. The second kappa shape index (κ2) is 9.27. The molecule has 1 aliphatic heterocycles. The maximum Gasteiger partial charge on any atom is 0.316 e. The zero-order valence-electron chi connectivity index (χ0n) is 17.4. The van der Waals surface area contributed by atoms with Crippen LogP contribution in [0.4, 0.5) is 5.69 Å². The van der Waals surface area contributed by atoms with E-state index in [1.54, 1.807) is 28.8 Å². The number of halogens is 2. The third kappa shape index (κ3) is 4.33. The Labute approximate surface area is 195 Å². The van der Waals surface area contributed by atoms with Gasteiger partial charge in [-0.05, 0) is 41.8 Å². The largest absolute Gasteiger partial charge is 0.365 e. The molecular weight excluding hydrogens is 449 g/mol. The summed E-state index contributed by atoms with van der Waals surface area (Å²) in [6.07, 6.45) is 0.527. The number of anilines is 1. The van der Waals surface area contributed by atoms with E-state index in [4.69, 9.17) is 23.2 Å². The number of hydrogen-bond donors (Lipinski definition) is 0. The van der Waals surface area contributed by atoms with E-state index in [0.717, 1.165) is 17.8 Å². The van der Waals surface area contributed by atoms with Crippen molar-refractivity contribution in [2.75, 3.05) is 11.4 Å². The number of benzene rings is 2. The molecule has 2 aromatic carbocycles. The molecule has 0 radical (unpaired) electrons. The van der Waals surface area contributed by atoms with Crippen LogP contribution in [0.15, 0.2) is 64.6 Å². The van der Waals surface area contributed by atoms with E-state index < -0.39 is 5.91 Å². The molecule has 0 spiro atoms. The summed E-state index contributed by atoms with van der Waals surface area (Å²) in [5.41, 5.74) is 3.99. The minimum atomic E-state index is -0.809. The first-order valence-corrected chi connectivity index (χ1v) is 11.0. The summed E-state index contributed by atoms with van der Waals surface area (Å²) in [4.78, 5) is 36.9. The van der Waals surface area contributed by atoms with E-state index in [0.29, 0.717) is 36.1 Å². The summed E-state index contributed by atoms with van der Waals surface area (Å²) >= 11 is 12.7. The number of aryl methyl sites for hydroxylation is 1. The predicted octanol–water partition coefficient (Wildman–Crippen LogP) is 5.43. The van der Waals surface area contributed by atoms with Crippen molar-refractivity contribution in [3.63, 3.8) is 0 Å². The van der Waals surface area contributed by atoms with Crippen LogP contribution in [0.25, 0.3) is 0 Å². The fourth-order valence-electron chi connectivity index (χ4n) is 4.19. The highest BCUT2D eigenvalue weighted by Crippen LogP contribution is 2.37. The molecule has 0 saturated heterocycles. The number of hydrogen-bond acceptors (Lipinski definition) is 4. The van der Waals surface area contributed by atoms with Crippen molar-refractivity contribution >= 4 is 34.8 Å². The van der Waals surface area contributed by atoms with Gasteiger partial charge in [0.05, 0.1) is 17.3 Å².